The zero-order valence-corrected chi connectivity index (χ0v) is 11.8. The number of rotatable bonds is 6. The van der Waals surface area contributed by atoms with Gasteiger partial charge in [-0.15, -0.1) is 4.91 Å². The smallest absolute Gasteiger partial charge is 0.153 e. The Bertz CT molecular complexity index is 712. The van der Waals surface area contributed by atoms with Gasteiger partial charge in [0.05, 0.1) is 13.1 Å². The Morgan fingerprint density at radius 2 is 1.50 bits per heavy atom. The van der Waals surface area contributed by atoms with Crippen LogP contribution in [0.3, 0.4) is 0 Å². The van der Waals surface area contributed by atoms with E-state index in [2.05, 4.69) is 15.2 Å². The number of aliphatic imine (C=N–C) groups is 2. The van der Waals surface area contributed by atoms with Crippen molar-refractivity contribution >= 4 is 18.1 Å². The predicted molar refractivity (Wildman–Crippen MR) is 86.6 cm³/mol. The maximum absolute atomic E-state index is 10.5. The lowest BCUT2D eigenvalue weighted by Crippen LogP contribution is -1.91. The van der Waals surface area contributed by atoms with Crippen LogP contribution >= 0.6 is 0 Å². The molecule has 0 aromatic heterocycles. The molecule has 0 saturated carbocycles. The van der Waals surface area contributed by atoms with Gasteiger partial charge in [-0.05, 0) is 29.4 Å². The fourth-order valence-corrected chi connectivity index (χ4v) is 1.76. The van der Waals surface area contributed by atoms with E-state index >= 15 is 0 Å². The second kappa shape index (κ2) is 7.68. The molecule has 0 fully saturated rings. The van der Waals surface area contributed by atoms with Crippen molar-refractivity contribution in [1.29, 1.82) is 0 Å². The van der Waals surface area contributed by atoms with Gasteiger partial charge in [-0.25, -0.2) is 0 Å². The molecule has 0 spiro atoms. The molecule has 0 saturated heterocycles. The first kappa shape index (κ1) is 15.4. The number of nitroso groups, excluding NO2 is 1. The fraction of sp³-hybridized carbons (Fsp3) is 0.125. The minimum Gasteiger partial charge on any atom is -0.507 e. The molecule has 2 aromatic carbocycles. The van der Waals surface area contributed by atoms with Crippen LogP contribution in [-0.4, -0.2) is 35.7 Å². The molecular weight excluding hydrogens is 282 g/mol. The zero-order chi connectivity index (χ0) is 15.8. The van der Waals surface area contributed by atoms with Crippen molar-refractivity contribution in [3.63, 3.8) is 0 Å². The number of aromatic hydroxyl groups is 2. The second-order valence-corrected chi connectivity index (χ2v) is 4.44. The number of benzene rings is 2. The summed E-state index contributed by atoms with van der Waals surface area (Å²) in [6, 6.07) is 11.6. The maximum atomic E-state index is 10.5. The normalized spacial score (nSPS) is 11.3. The molecule has 112 valence electrons. The quantitative estimate of drug-likeness (QED) is 0.487. The van der Waals surface area contributed by atoms with Crippen LogP contribution in [0.25, 0.3) is 0 Å². The molecule has 0 aliphatic heterocycles. The molecule has 2 aromatic rings. The van der Waals surface area contributed by atoms with E-state index in [0.717, 1.165) is 0 Å². The van der Waals surface area contributed by atoms with E-state index in [1.165, 1.54) is 12.3 Å². The molecular formula is C16H15N3O3. The van der Waals surface area contributed by atoms with E-state index in [4.69, 9.17) is 0 Å². The monoisotopic (exact) mass is 297 g/mol. The lowest BCUT2D eigenvalue weighted by Gasteiger charge is -1.99. The average Bonchev–Trinajstić information content (AvgIpc) is 2.53. The highest BCUT2D eigenvalue weighted by Crippen LogP contribution is 2.28. The summed E-state index contributed by atoms with van der Waals surface area (Å²) in [5.74, 6) is -0.00295. The third-order valence-electron chi connectivity index (χ3n) is 2.90. The van der Waals surface area contributed by atoms with Gasteiger partial charge in [-0.3, -0.25) is 9.98 Å². The number of para-hydroxylation sites is 2. The summed E-state index contributed by atoms with van der Waals surface area (Å²) in [5, 5.41) is 22.0. The van der Waals surface area contributed by atoms with Crippen LogP contribution in [0.5, 0.6) is 11.5 Å². The lowest BCUT2D eigenvalue weighted by molar-refractivity contribution is 0.474. The molecule has 6 nitrogen and oxygen atoms in total. The largest absolute Gasteiger partial charge is 0.507 e. The van der Waals surface area contributed by atoms with Crippen LogP contribution in [0.2, 0.25) is 0 Å². The Kier molecular flexibility index (Phi) is 5.37. The summed E-state index contributed by atoms with van der Waals surface area (Å²) in [5.41, 5.74) is 1.07. The van der Waals surface area contributed by atoms with E-state index in [9.17, 15) is 15.1 Å². The molecule has 22 heavy (non-hydrogen) atoms. The second-order valence-electron chi connectivity index (χ2n) is 4.44. The standard InChI is InChI=1S/C16H15N3O3/c20-15-7-2-1-4-12(15)10-17-8-9-18-11-13-5-3-6-14(19-22)16(13)21/h1-7,10-11,20-21H,8-9H2. The molecule has 0 radical (unpaired) electrons. The van der Waals surface area contributed by atoms with Crippen molar-refractivity contribution in [3.05, 3.63) is 58.5 Å². The first-order valence-electron chi connectivity index (χ1n) is 6.65. The van der Waals surface area contributed by atoms with Crippen molar-refractivity contribution < 1.29 is 10.2 Å². The summed E-state index contributed by atoms with van der Waals surface area (Å²) in [7, 11) is 0. The molecule has 0 aliphatic carbocycles. The van der Waals surface area contributed by atoms with Gasteiger partial charge in [-0.2, -0.15) is 0 Å². The molecule has 0 unspecified atom stereocenters. The van der Waals surface area contributed by atoms with E-state index in [1.54, 1.807) is 36.5 Å². The van der Waals surface area contributed by atoms with Crippen molar-refractivity contribution in [3.8, 4) is 11.5 Å². The highest BCUT2D eigenvalue weighted by atomic mass is 16.3. The summed E-state index contributed by atoms with van der Waals surface area (Å²) in [6.07, 6.45) is 3.05. The minimum absolute atomic E-state index is 0.0125. The van der Waals surface area contributed by atoms with Crippen LogP contribution in [0.15, 0.2) is 57.6 Å². The summed E-state index contributed by atoms with van der Waals surface area (Å²) >= 11 is 0. The summed E-state index contributed by atoms with van der Waals surface area (Å²) < 4.78 is 0. The van der Waals surface area contributed by atoms with E-state index in [0.29, 0.717) is 24.2 Å². The molecule has 0 amide bonds. The van der Waals surface area contributed by atoms with Crippen molar-refractivity contribution in [2.45, 2.75) is 0 Å². The van der Waals surface area contributed by atoms with Gasteiger partial charge in [0, 0.05) is 23.6 Å². The Balaban J connectivity index is 1.89. The molecule has 6 heteroatoms. The van der Waals surface area contributed by atoms with Gasteiger partial charge in [0.1, 0.15) is 11.4 Å². The van der Waals surface area contributed by atoms with E-state index in [1.807, 2.05) is 6.07 Å². The van der Waals surface area contributed by atoms with Crippen LogP contribution in [0.1, 0.15) is 11.1 Å². The van der Waals surface area contributed by atoms with Crippen molar-refractivity contribution in [2.24, 2.45) is 15.2 Å². The molecule has 2 N–H and O–H groups in total. The Hall–Kier alpha value is -3.02. The Morgan fingerprint density at radius 1 is 0.864 bits per heavy atom. The van der Waals surface area contributed by atoms with Gasteiger partial charge in [0.15, 0.2) is 5.75 Å². The Labute approximate surface area is 127 Å². The fourth-order valence-electron chi connectivity index (χ4n) is 1.76. The van der Waals surface area contributed by atoms with Crippen LogP contribution in [0.4, 0.5) is 5.69 Å². The highest BCUT2D eigenvalue weighted by molar-refractivity contribution is 5.86. The summed E-state index contributed by atoms with van der Waals surface area (Å²) in [4.78, 5) is 18.7. The number of hydrogen-bond donors (Lipinski definition) is 2. The van der Waals surface area contributed by atoms with Gasteiger partial charge in [-0.1, -0.05) is 18.2 Å². The maximum Gasteiger partial charge on any atom is 0.153 e. The lowest BCUT2D eigenvalue weighted by atomic mass is 10.2. The minimum atomic E-state index is -0.182. The first-order valence-corrected chi connectivity index (χ1v) is 6.65. The highest BCUT2D eigenvalue weighted by Gasteiger charge is 2.04. The molecule has 0 atom stereocenters. The van der Waals surface area contributed by atoms with Crippen molar-refractivity contribution in [1.82, 2.24) is 0 Å². The number of phenols is 2. The molecule has 0 aliphatic rings. The Morgan fingerprint density at radius 3 is 2.18 bits per heavy atom. The van der Waals surface area contributed by atoms with Crippen LogP contribution in [-0.2, 0) is 0 Å². The van der Waals surface area contributed by atoms with Gasteiger partial charge in [0.2, 0.25) is 0 Å². The van der Waals surface area contributed by atoms with Gasteiger partial charge in [0.25, 0.3) is 0 Å². The number of hydrogen-bond acceptors (Lipinski definition) is 6. The summed E-state index contributed by atoms with van der Waals surface area (Å²) in [6.45, 7) is 0.861. The van der Waals surface area contributed by atoms with E-state index < -0.39 is 0 Å². The SMILES string of the molecule is O=Nc1cccc(C=NCCN=Cc2ccccc2O)c1O. The van der Waals surface area contributed by atoms with Crippen LogP contribution < -0.4 is 0 Å². The predicted octanol–water partition coefficient (Wildman–Crippen LogP) is 3.03. The van der Waals surface area contributed by atoms with Crippen molar-refractivity contribution in [2.75, 3.05) is 13.1 Å². The average molecular weight is 297 g/mol. The van der Waals surface area contributed by atoms with Crippen LogP contribution in [0, 0.1) is 4.91 Å². The first-order chi connectivity index (χ1) is 10.7. The van der Waals surface area contributed by atoms with E-state index in [-0.39, 0.29) is 17.2 Å². The zero-order valence-electron chi connectivity index (χ0n) is 11.8. The third-order valence-corrected chi connectivity index (χ3v) is 2.90. The third kappa shape index (κ3) is 3.99. The molecule has 0 bridgehead atoms. The van der Waals surface area contributed by atoms with Gasteiger partial charge >= 0.3 is 0 Å². The number of phenolic OH excluding ortho intramolecular Hbond substituents is 2. The van der Waals surface area contributed by atoms with Gasteiger partial charge < -0.3 is 10.2 Å². The topological polar surface area (TPSA) is 94.6 Å². The number of nitrogens with zero attached hydrogens (tertiary/aromatic N) is 3. The molecule has 0 heterocycles. The molecule has 2 rings (SSSR count).